The summed E-state index contributed by atoms with van der Waals surface area (Å²) in [6.45, 7) is 7.79. The lowest BCUT2D eigenvalue weighted by Gasteiger charge is -2.64. The van der Waals surface area contributed by atoms with E-state index in [0.29, 0.717) is 23.9 Å². The molecule has 0 amide bonds. The van der Waals surface area contributed by atoms with Gasteiger partial charge in [-0.25, -0.2) is 0 Å². The first-order valence-corrected chi connectivity index (χ1v) is 9.48. The van der Waals surface area contributed by atoms with E-state index < -0.39 is 0 Å². The second-order valence-corrected chi connectivity index (χ2v) is 9.64. The summed E-state index contributed by atoms with van der Waals surface area (Å²) in [5.41, 5.74) is 0.312. The van der Waals surface area contributed by atoms with Crippen molar-refractivity contribution in [1.82, 2.24) is 0 Å². The fourth-order valence-electron chi connectivity index (χ4n) is 7.51. The SMILES string of the molecule is CC1(C)CCC[C@@]2(C)C1CC[C@]1(C=O)C2CC[C@H]2C(=O)OC[C@H]21. The number of fused-ring (bicyclic) bond motifs is 5. The van der Waals surface area contributed by atoms with Gasteiger partial charge in [0.15, 0.2) is 0 Å². The number of esters is 1. The van der Waals surface area contributed by atoms with E-state index in [-0.39, 0.29) is 28.6 Å². The van der Waals surface area contributed by atoms with Crippen molar-refractivity contribution >= 4 is 12.3 Å². The van der Waals surface area contributed by atoms with E-state index in [1.807, 2.05) is 0 Å². The second kappa shape index (κ2) is 4.83. The Morgan fingerprint density at radius 3 is 2.57 bits per heavy atom. The third-order valence-electron chi connectivity index (χ3n) is 8.46. The summed E-state index contributed by atoms with van der Waals surface area (Å²) < 4.78 is 5.39. The average Bonchev–Trinajstić information content (AvgIpc) is 2.88. The van der Waals surface area contributed by atoms with Crippen molar-refractivity contribution in [3.63, 3.8) is 0 Å². The first-order valence-electron chi connectivity index (χ1n) is 9.48. The molecule has 0 radical (unpaired) electrons. The van der Waals surface area contributed by atoms with Gasteiger partial charge in [0.05, 0.1) is 12.5 Å². The summed E-state index contributed by atoms with van der Waals surface area (Å²) in [6, 6.07) is 0. The van der Waals surface area contributed by atoms with Gasteiger partial charge in [-0.15, -0.1) is 0 Å². The highest BCUT2D eigenvalue weighted by Gasteiger charge is 2.66. The van der Waals surface area contributed by atoms with Gasteiger partial charge in [-0.1, -0.05) is 27.2 Å². The van der Waals surface area contributed by atoms with Crippen LogP contribution in [0.5, 0.6) is 0 Å². The maximum Gasteiger partial charge on any atom is 0.309 e. The molecule has 2 unspecified atom stereocenters. The van der Waals surface area contributed by atoms with Gasteiger partial charge < -0.3 is 9.53 Å². The predicted molar refractivity (Wildman–Crippen MR) is 87.6 cm³/mol. The number of hydrogen-bond acceptors (Lipinski definition) is 3. The van der Waals surface area contributed by atoms with Crippen molar-refractivity contribution in [1.29, 1.82) is 0 Å². The Kier molecular flexibility index (Phi) is 3.29. The number of carbonyl (C=O) groups is 2. The van der Waals surface area contributed by atoms with E-state index in [2.05, 4.69) is 20.8 Å². The minimum absolute atomic E-state index is 0.0202. The number of cyclic esters (lactones) is 1. The van der Waals surface area contributed by atoms with Gasteiger partial charge in [-0.2, -0.15) is 0 Å². The molecule has 4 rings (SSSR count). The zero-order valence-electron chi connectivity index (χ0n) is 14.8. The maximum atomic E-state index is 12.4. The van der Waals surface area contributed by atoms with Crippen molar-refractivity contribution in [3.05, 3.63) is 0 Å². The lowest BCUT2D eigenvalue weighted by Crippen LogP contribution is -2.61. The van der Waals surface area contributed by atoms with E-state index in [9.17, 15) is 9.59 Å². The minimum atomic E-state index is -0.312. The van der Waals surface area contributed by atoms with Crippen molar-refractivity contribution in [2.75, 3.05) is 6.61 Å². The Balaban J connectivity index is 1.76. The highest BCUT2D eigenvalue weighted by molar-refractivity contribution is 5.77. The molecule has 0 bridgehead atoms. The highest BCUT2D eigenvalue weighted by Crippen LogP contribution is 2.69. The molecule has 6 atom stereocenters. The molecule has 0 aromatic heterocycles. The molecule has 0 aromatic carbocycles. The molecule has 128 valence electrons. The molecular formula is C20H30O3. The zero-order chi connectivity index (χ0) is 16.5. The van der Waals surface area contributed by atoms with Crippen molar-refractivity contribution in [3.8, 4) is 0 Å². The normalized spacial score (nSPS) is 51.2. The molecule has 23 heavy (non-hydrogen) atoms. The van der Waals surface area contributed by atoms with Gasteiger partial charge in [0.25, 0.3) is 0 Å². The number of aldehydes is 1. The first kappa shape index (κ1) is 15.7. The summed E-state index contributed by atoms with van der Waals surface area (Å²) in [4.78, 5) is 24.4. The fraction of sp³-hybridized carbons (Fsp3) is 0.900. The molecule has 3 aliphatic carbocycles. The Morgan fingerprint density at radius 2 is 1.83 bits per heavy atom. The van der Waals surface area contributed by atoms with Crippen LogP contribution in [-0.2, 0) is 14.3 Å². The van der Waals surface area contributed by atoms with E-state index >= 15 is 0 Å². The zero-order valence-corrected chi connectivity index (χ0v) is 14.8. The molecule has 3 nitrogen and oxygen atoms in total. The third kappa shape index (κ3) is 1.88. The summed E-state index contributed by atoms with van der Waals surface area (Å²) in [5.74, 6) is 1.20. The van der Waals surface area contributed by atoms with Crippen LogP contribution in [-0.4, -0.2) is 18.9 Å². The quantitative estimate of drug-likeness (QED) is 0.542. The van der Waals surface area contributed by atoms with Crippen molar-refractivity contribution < 1.29 is 14.3 Å². The Morgan fingerprint density at radius 1 is 1.04 bits per heavy atom. The topological polar surface area (TPSA) is 43.4 Å². The van der Waals surface area contributed by atoms with Crippen LogP contribution in [0.25, 0.3) is 0 Å². The van der Waals surface area contributed by atoms with Gasteiger partial charge in [0.1, 0.15) is 6.29 Å². The molecule has 4 aliphatic rings. The van der Waals surface area contributed by atoms with Gasteiger partial charge in [0.2, 0.25) is 0 Å². The smallest absolute Gasteiger partial charge is 0.309 e. The number of hydrogen-bond donors (Lipinski definition) is 0. The van der Waals surface area contributed by atoms with Crippen LogP contribution < -0.4 is 0 Å². The van der Waals surface area contributed by atoms with Gasteiger partial charge >= 0.3 is 5.97 Å². The van der Waals surface area contributed by atoms with Crippen molar-refractivity contribution in [2.24, 2.45) is 39.9 Å². The van der Waals surface area contributed by atoms with Crippen LogP contribution >= 0.6 is 0 Å². The maximum absolute atomic E-state index is 12.4. The monoisotopic (exact) mass is 318 g/mol. The van der Waals surface area contributed by atoms with Crippen LogP contribution in [0.4, 0.5) is 0 Å². The second-order valence-electron chi connectivity index (χ2n) is 9.64. The van der Waals surface area contributed by atoms with Gasteiger partial charge in [0, 0.05) is 11.3 Å². The third-order valence-corrected chi connectivity index (χ3v) is 8.46. The van der Waals surface area contributed by atoms with Crippen LogP contribution in [0.2, 0.25) is 0 Å². The number of ether oxygens (including phenoxy) is 1. The molecule has 0 spiro atoms. The van der Waals surface area contributed by atoms with Crippen LogP contribution in [0.15, 0.2) is 0 Å². The minimum Gasteiger partial charge on any atom is -0.465 e. The average molecular weight is 318 g/mol. The largest absolute Gasteiger partial charge is 0.465 e. The van der Waals surface area contributed by atoms with Crippen molar-refractivity contribution in [2.45, 2.75) is 65.7 Å². The van der Waals surface area contributed by atoms with Crippen LogP contribution in [0, 0.1) is 39.9 Å². The Bertz CT molecular complexity index is 539. The Hall–Kier alpha value is -0.860. The fourth-order valence-corrected chi connectivity index (χ4v) is 7.51. The molecule has 3 saturated carbocycles. The molecule has 1 heterocycles. The summed E-state index contributed by atoms with van der Waals surface area (Å²) >= 11 is 0. The summed E-state index contributed by atoms with van der Waals surface area (Å²) in [7, 11) is 0. The molecule has 0 aromatic rings. The van der Waals surface area contributed by atoms with Gasteiger partial charge in [-0.3, -0.25) is 4.79 Å². The number of rotatable bonds is 1. The van der Waals surface area contributed by atoms with E-state index in [1.165, 1.54) is 25.5 Å². The van der Waals surface area contributed by atoms with Crippen LogP contribution in [0.1, 0.15) is 65.7 Å². The molecule has 1 aliphatic heterocycles. The van der Waals surface area contributed by atoms with Gasteiger partial charge in [-0.05, 0) is 61.2 Å². The summed E-state index contributed by atoms with van der Waals surface area (Å²) in [6.07, 6.45) is 9.12. The lowest BCUT2D eigenvalue weighted by molar-refractivity contribution is -0.177. The highest BCUT2D eigenvalue weighted by atomic mass is 16.5. The first-order chi connectivity index (χ1) is 10.8. The number of carbonyl (C=O) groups excluding carboxylic acids is 2. The molecule has 4 fully saturated rings. The van der Waals surface area contributed by atoms with E-state index in [4.69, 9.17) is 4.74 Å². The Labute approximate surface area is 139 Å². The molecule has 1 saturated heterocycles. The summed E-state index contributed by atoms with van der Waals surface area (Å²) in [5, 5.41) is 0. The standard InChI is InChI=1S/C20H30O3/c1-18(2)8-4-9-19(3)15(18)7-10-20(12-21)14-11-23-17(22)13(14)5-6-16(19)20/h12-16H,4-11H2,1-3H3/t13-,14-,15?,16?,19+,20-/m1/s1. The predicted octanol–water partition coefficient (Wildman–Crippen LogP) is 4.00. The molecule has 3 heteroatoms. The lowest BCUT2D eigenvalue weighted by atomic mass is 9.39. The molecule has 0 N–H and O–H groups in total. The van der Waals surface area contributed by atoms with E-state index in [0.717, 1.165) is 25.7 Å². The van der Waals surface area contributed by atoms with E-state index in [1.54, 1.807) is 0 Å². The van der Waals surface area contributed by atoms with Crippen LogP contribution in [0.3, 0.4) is 0 Å². The molecular weight excluding hydrogens is 288 g/mol.